The molecule has 24 heavy (non-hydrogen) atoms. The summed E-state index contributed by atoms with van der Waals surface area (Å²) in [7, 11) is 0. The van der Waals surface area contributed by atoms with Crippen LogP contribution in [0.25, 0.3) is 0 Å². The molecule has 5 atom stereocenters. The highest BCUT2D eigenvalue weighted by molar-refractivity contribution is 5.87. The number of Topliss-reactive ketones (excluding diaryl/α,β-unsaturated/α-hetero) is 1. The molecule has 0 aliphatic heterocycles. The van der Waals surface area contributed by atoms with Crippen LogP contribution in [-0.4, -0.2) is 21.5 Å². The maximum Gasteiger partial charge on any atom is 0.351 e. The van der Waals surface area contributed by atoms with Gasteiger partial charge in [-0.3, -0.25) is 20.6 Å². The standard InChI is InChI=1S/C18H24N2O4/c1-17-9-8-10-11(13(17)5-7-15(17)21)2-4-14-12(10)3-6-16(22)18(14,19)20(23)24/h6,10-11,13,22H,2-5,7-9,19H2,1H3/t10-,11+,13-,17-,18?/m0/s1. The molecule has 1 unspecified atom stereocenters. The lowest BCUT2D eigenvalue weighted by Crippen LogP contribution is -2.55. The largest absolute Gasteiger partial charge is 0.504 e. The molecular weight excluding hydrogens is 308 g/mol. The lowest BCUT2D eigenvalue weighted by atomic mass is 9.54. The summed E-state index contributed by atoms with van der Waals surface area (Å²) in [5, 5.41) is 21.7. The van der Waals surface area contributed by atoms with E-state index in [2.05, 4.69) is 6.92 Å². The normalized spacial score (nSPS) is 44.5. The number of allylic oxidation sites excluding steroid dienone is 2. The van der Waals surface area contributed by atoms with E-state index in [9.17, 15) is 20.0 Å². The molecule has 6 nitrogen and oxygen atoms in total. The van der Waals surface area contributed by atoms with Gasteiger partial charge in [0.25, 0.3) is 0 Å². The Kier molecular flexibility index (Phi) is 3.24. The zero-order valence-electron chi connectivity index (χ0n) is 14.0. The van der Waals surface area contributed by atoms with Crippen molar-refractivity contribution in [2.75, 3.05) is 0 Å². The van der Waals surface area contributed by atoms with E-state index in [4.69, 9.17) is 5.73 Å². The first-order valence-electron chi connectivity index (χ1n) is 8.89. The van der Waals surface area contributed by atoms with Gasteiger partial charge >= 0.3 is 5.66 Å². The second-order valence-corrected chi connectivity index (χ2v) is 8.15. The molecule has 0 saturated heterocycles. The molecule has 0 spiro atoms. The number of hydrogen-bond donors (Lipinski definition) is 2. The highest BCUT2D eigenvalue weighted by Crippen LogP contribution is 2.60. The third kappa shape index (κ3) is 1.78. The Labute approximate surface area is 140 Å². The average molecular weight is 332 g/mol. The molecule has 6 heteroatoms. The van der Waals surface area contributed by atoms with Gasteiger partial charge in [-0.05, 0) is 62.4 Å². The number of aliphatic hydroxyl groups is 1. The average Bonchev–Trinajstić information content (AvgIpc) is 2.86. The van der Waals surface area contributed by atoms with Crippen LogP contribution in [0.5, 0.6) is 0 Å². The van der Waals surface area contributed by atoms with Gasteiger partial charge in [0, 0.05) is 17.4 Å². The van der Waals surface area contributed by atoms with E-state index in [0.717, 1.165) is 31.3 Å². The van der Waals surface area contributed by atoms with Crippen LogP contribution < -0.4 is 5.73 Å². The Morgan fingerprint density at radius 3 is 2.79 bits per heavy atom. The number of nitrogens with zero attached hydrogens (tertiary/aromatic N) is 1. The van der Waals surface area contributed by atoms with Crippen molar-refractivity contribution < 1.29 is 14.8 Å². The number of ketones is 1. The minimum absolute atomic E-state index is 0.200. The lowest BCUT2D eigenvalue weighted by molar-refractivity contribution is -0.551. The molecule has 3 N–H and O–H groups in total. The van der Waals surface area contributed by atoms with E-state index in [-0.39, 0.29) is 17.1 Å². The van der Waals surface area contributed by atoms with E-state index in [1.54, 1.807) is 0 Å². The highest BCUT2D eigenvalue weighted by Gasteiger charge is 2.58. The van der Waals surface area contributed by atoms with Crippen LogP contribution >= 0.6 is 0 Å². The summed E-state index contributed by atoms with van der Waals surface area (Å²) >= 11 is 0. The van der Waals surface area contributed by atoms with E-state index >= 15 is 0 Å². The number of rotatable bonds is 1. The second kappa shape index (κ2) is 4.91. The predicted octanol–water partition coefficient (Wildman–Crippen LogP) is 2.87. The maximum atomic E-state index is 12.4. The fraction of sp³-hybridized carbons (Fsp3) is 0.722. The first kappa shape index (κ1) is 15.8. The quantitative estimate of drug-likeness (QED) is 0.332. The minimum Gasteiger partial charge on any atom is -0.504 e. The number of aliphatic hydroxyl groups excluding tert-OH is 1. The maximum absolute atomic E-state index is 12.4. The van der Waals surface area contributed by atoms with E-state index < -0.39 is 10.6 Å². The van der Waals surface area contributed by atoms with Gasteiger partial charge in [0.15, 0.2) is 5.76 Å². The fourth-order valence-corrected chi connectivity index (χ4v) is 6.02. The van der Waals surface area contributed by atoms with Crippen molar-refractivity contribution in [1.29, 1.82) is 0 Å². The Morgan fingerprint density at radius 2 is 2.08 bits per heavy atom. The number of hydrogen-bond acceptors (Lipinski definition) is 5. The van der Waals surface area contributed by atoms with Crippen molar-refractivity contribution >= 4 is 5.78 Å². The van der Waals surface area contributed by atoms with Crippen LogP contribution in [0.4, 0.5) is 0 Å². The van der Waals surface area contributed by atoms with Gasteiger partial charge < -0.3 is 5.11 Å². The van der Waals surface area contributed by atoms with Gasteiger partial charge in [-0.25, -0.2) is 0 Å². The first-order chi connectivity index (χ1) is 11.3. The highest BCUT2D eigenvalue weighted by atomic mass is 16.6. The Balaban J connectivity index is 1.74. The molecule has 0 aromatic rings. The zero-order chi connectivity index (χ0) is 17.3. The van der Waals surface area contributed by atoms with Crippen LogP contribution in [0.15, 0.2) is 23.0 Å². The molecule has 2 fully saturated rings. The summed E-state index contributed by atoms with van der Waals surface area (Å²) in [6, 6.07) is 0. The zero-order valence-corrected chi connectivity index (χ0v) is 14.0. The summed E-state index contributed by atoms with van der Waals surface area (Å²) in [6.45, 7) is 2.12. The van der Waals surface area contributed by atoms with Crippen molar-refractivity contribution in [3.63, 3.8) is 0 Å². The first-order valence-corrected chi connectivity index (χ1v) is 8.89. The molecule has 4 aliphatic carbocycles. The summed E-state index contributed by atoms with van der Waals surface area (Å²) in [5.74, 6) is 1.13. The second-order valence-electron chi connectivity index (χ2n) is 8.15. The van der Waals surface area contributed by atoms with Gasteiger partial charge in [-0.15, -0.1) is 0 Å². The molecule has 2 saturated carbocycles. The molecule has 0 radical (unpaired) electrons. The van der Waals surface area contributed by atoms with Crippen LogP contribution in [0.1, 0.15) is 51.9 Å². The lowest BCUT2D eigenvalue weighted by Gasteiger charge is -2.50. The number of fused-ring (bicyclic) bond motifs is 4. The molecular formula is C18H24N2O4. The van der Waals surface area contributed by atoms with Crippen molar-refractivity contribution in [3.8, 4) is 0 Å². The summed E-state index contributed by atoms with van der Waals surface area (Å²) < 4.78 is 0. The van der Waals surface area contributed by atoms with Crippen LogP contribution in [0.2, 0.25) is 0 Å². The third-order valence-electron chi connectivity index (χ3n) is 7.36. The van der Waals surface area contributed by atoms with Crippen molar-refractivity contribution in [1.82, 2.24) is 0 Å². The molecule has 0 aromatic carbocycles. The molecule has 0 aromatic heterocycles. The SMILES string of the molecule is C[C@]12CC[C@@H]3C4=C(CC[C@H]3[C@@H]1CCC2=O)C(N)([N+](=O)[O-])C(O)=CC4. The predicted molar refractivity (Wildman–Crippen MR) is 87.6 cm³/mol. The number of nitro groups is 1. The van der Waals surface area contributed by atoms with Crippen molar-refractivity contribution in [2.45, 2.75) is 57.5 Å². The third-order valence-corrected chi connectivity index (χ3v) is 7.36. The van der Waals surface area contributed by atoms with Gasteiger partial charge in [0.2, 0.25) is 0 Å². The fourth-order valence-electron chi connectivity index (χ4n) is 6.02. The summed E-state index contributed by atoms with van der Waals surface area (Å²) in [5.41, 5.74) is 5.57. The number of nitrogens with two attached hydrogens (primary N) is 1. The van der Waals surface area contributed by atoms with Gasteiger partial charge in [0.1, 0.15) is 5.78 Å². The van der Waals surface area contributed by atoms with E-state index in [1.165, 1.54) is 6.08 Å². The summed E-state index contributed by atoms with van der Waals surface area (Å²) in [6.07, 6.45) is 6.81. The number of carbonyl (C=O) groups excluding carboxylic acids is 1. The van der Waals surface area contributed by atoms with E-state index in [1.807, 2.05) is 0 Å². The van der Waals surface area contributed by atoms with Gasteiger partial charge in [0.05, 0.1) is 4.92 Å². The molecule has 4 rings (SSSR count). The molecule has 0 heterocycles. The van der Waals surface area contributed by atoms with Crippen molar-refractivity contribution in [3.05, 3.63) is 33.1 Å². The summed E-state index contributed by atoms with van der Waals surface area (Å²) in [4.78, 5) is 23.4. The van der Waals surface area contributed by atoms with Crippen LogP contribution in [0.3, 0.4) is 0 Å². The Hall–Kier alpha value is -1.69. The Bertz CT molecular complexity index is 697. The van der Waals surface area contributed by atoms with Gasteiger partial charge in [-0.2, -0.15) is 0 Å². The molecule has 4 aliphatic rings. The van der Waals surface area contributed by atoms with Crippen molar-refractivity contribution in [2.24, 2.45) is 28.9 Å². The topological polar surface area (TPSA) is 106 Å². The smallest absolute Gasteiger partial charge is 0.351 e. The van der Waals surface area contributed by atoms with Gasteiger partial charge in [-0.1, -0.05) is 12.5 Å². The van der Waals surface area contributed by atoms with Crippen LogP contribution in [-0.2, 0) is 4.79 Å². The monoisotopic (exact) mass is 332 g/mol. The van der Waals surface area contributed by atoms with E-state index in [0.29, 0.717) is 42.5 Å². The van der Waals surface area contributed by atoms with Crippen LogP contribution in [0, 0.1) is 33.3 Å². The molecule has 130 valence electrons. The molecule has 0 amide bonds. The minimum atomic E-state index is -1.95. The molecule has 0 bridgehead atoms. The Morgan fingerprint density at radius 1 is 1.33 bits per heavy atom. The number of carbonyl (C=O) groups is 1.